The molecular weight excluding hydrogens is 450 g/mol. The summed E-state index contributed by atoms with van der Waals surface area (Å²) in [6.45, 7) is 2.37. The number of aliphatic carboxylic acids is 1. The first-order valence-electron chi connectivity index (χ1n) is 11.8. The highest BCUT2D eigenvalue weighted by Crippen LogP contribution is 2.44. The van der Waals surface area contributed by atoms with Crippen LogP contribution in [0, 0.1) is 0 Å². The first-order chi connectivity index (χ1) is 16.9. The first-order valence-corrected chi connectivity index (χ1v) is 11.8. The number of rotatable bonds is 12. The lowest BCUT2D eigenvalue weighted by atomic mass is 9.98. The van der Waals surface area contributed by atoms with Gasteiger partial charge in [0.05, 0.1) is 0 Å². The zero-order valence-corrected chi connectivity index (χ0v) is 19.7. The van der Waals surface area contributed by atoms with Crippen molar-refractivity contribution in [3.63, 3.8) is 0 Å². The Morgan fingerprint density at radius 1 is 0.914 bits per heavy atom. The molecule has 2 aromatic carbocycles. The van der Waals surface area contributed by atoms with E-state index < -0.39 is 24.0 Å². The summed E-state index contributed by atoms with van der Waals surface area (Å²) in [6.07, 6.45) is -0.0609. The van der Waals surface area contributed by atoms with Crippen molar-refractivity contribution in [2.45, 2.75) is 44.6 Å². The van der Waals surface area contributed by atoms with E-state index in [0.717, 1.165) is 28.7 Å². The molecule has 186 valence electrons. The number of carboxylic acid groups (broad SMARTS) is 1. The third kappa shape index (κ3) is 7.05. The van der Waals surface area contributed by atoms with Crippen LogP contribution in [0.15, 0.2) is 48.5 Å². The van der Waals surface area contributed by atoms with Crippen LogP contribution < -0.4 is 16.0 Å². The summed E-state index contributed by atoms with van der Waals surface area (Å²) in [5.74, 6) is -1.86. The highest BCUT2D eigenvalue weighted by molar-refractivity contribution is 5.86. The minimum Gasteiger partial charge on any atom is -0.481 e. The average Bonchev–Trinajstić information content (AvgIpc) is 3.16. The summed E-state index contributed by atoms with van der Waals surface area (Å²) in [5.41, 5.74) is 4.32. The number of benzene rings is 2. The predicted molar refractivity (Wildman–Crippen MR) is 130 cm³/mol. The average molecular weight is 482 g/mol. The van der Waals surface area contributed by atoms with Gasteiger partial charge in [-0.1, -0.05) is 55.5 Å². The van der Waals surface area contributed by atoms with E-state index >= 15 is 0 Å². The fourth-order valence-corrected chi connectivity index (χ4v) is 4.15. The second-order valence-corrected chi connectivity index (χ2v) is 8.35. The zero-order chi connectivity index (χ0) is 25.2. The van der Waals surface area contributed by atoms with Crippen LogP contribution in [-0.2, 0) is 19.1 Å². The van der Waals surface area contributed by atoms with Gasteiger partial charge < -0.3 is 25.8 Å². The first kappa shape index (κ1) is 25.7. The second kappa shape index (κ2) is 12.5. The maximum atomic E-state index is 12.6. The minimum absolute atomic E-state index is 0.0800. The van der Waals surface area contributed by atoms with Crippen LogP contribution in [0.1, 0.15) is 49.7 Å². The number of amides is 3. The van der Waals surface area contributed by atoms with Crippen molar-refractivity contribution in [1.29, 1.82) is 0 Å². The normalized spacial score (nSPS) is 12.7. The number of nitrogens with one attached hydrogen (secondary N) is 3. The van der Waals surface area contributed by atoms with Crippen molar-refractivity contribution in [3.8, 4) is 11.1 Å². The second-order valence-electron chi connectivity index (χ2n) is 8.35. The number of carboxylic acids is 1. The molecule has 0 fully saturated rings. The van der Waals surface area contributed by atoms with E-state index in [2.05, 4.69) is 16.0 Å². The standard InChI is InChI=1S/C26H31N3O6/c1-2-7-23(30)27-14-15-28-25(33)22(12-13-24(31)32)29-26(34)35-16-21-19-10-5-3-8-17(19)18-9-4-6-11-20(18)21/h3-6,8-11,21-22H,2,7,12-16H2,1H3,(H,27,30)(H,28,33)(H,29,34)(H,31,32). The molecular formula is C26H31N3O6. The topological polar surface area (TPSA) is 134 Å². The van der Waals surface area contributed by atoms with Gasteiger partial charge in [-0.05, 0) is 35.1 Å². The molecule has 9 nitrogen and oxygen atoms in total. The number of alkyl carbamates (subject to hydrolysis) is 1. The van der Waals surface area contributed by atoms with E-state index in [1.54, 1.807) is 0 Å². The van der Waals surface area contributed by atoms with Crippen molar-refractivity contribution < 1.29 is 29.0 Å². The molecule has 1 atom stereocenters. The molecule has 0 aromatic heterocycles. The lowest BCUT2D eigenvalue weighted by molar-refractivity contribution is -0.137. The summed E-state index contributed by atoms with van der Waals surface area (Å²) >= 11 is 0. The van der Waals surface area contributed by atoms with Crippen LogP contribution in [0.5, 0.6) is 0 Å². The van der Waals surface area contributed by atoms with Crippen LogP contribution >= 0.6 is 0 Å². The van der Waals surface area contributed by atoms with Gasteiger partial charge in [0.25, 0.3) is 0 Å². The molecule has 0 heterocycles. The SMILES string of the molecule is CCCC(=O)NCCNC(=O)C(CCC(=O)O)NC(=O)OCC1c2ccccc2-c2ccccc21. The molecule has 0 aliphatic heterocycles. The highest BCUT2D eigenvalue weighted by atomic mass is 16.5. The summed E-state index contributed by atoms with van der Waals surface area (Å²) in [4.78, 5) is 47.7. The lowest BCUT2D eigenvalue weighted by Gasteiger charge is -2.19. The largest absolute Gasteiger partial charge is 0.481 e. The molecule has 0 saturated heterocycles. The number of carbonyl (C=O) groups excluding carboxylic acids is 3. The molecule has 35 heavy (non-hydrogen) atoms. The molecule has 4 N–H and O–H groups in total. The Morgan fingerprint density at radius 3 is 2.11 bits per heavy atom. The molecule has 0 spiro atoms. The number of hydrogen-bond acceptors (Lipinski definition) is 5. The van der Waals surface area contributed by atoms with Crippen LogP contribution in [0.2, 0.25) is 0 Å². The van der Waals surface area contributed by atoms with Crippen molar-refractivity contribution in [2.24, 2.45) is 0 Å². The smallest absolute Gasteiger partial charge is 0.407 e. The Morgan fingerprint density at radius 2 is 1.51 bits per heavy atom. The van der Waals surface area contributed by atoms with Crippen molar-refractivity contribution in [2.75, 3.05) is 19.7 Å². The minimum atomic E-state index is -1.08. The number of fused-ring (bicyclic) bond motifs is 3. The van der Waals surface area contributed by atoms with Gasteiger partial charge in [0, 0.05) is 31.8 Å². The molecule has 3 rings (SSSR count). The molecule has 2 aromatic rings. The van der Waals surface area contributed by atoms with Crippen LogP contribution in [0.4, 0.5) is 4.79 Å². The molecule has 1 aliphatic rings. The van der Waals surface area contributed by atoms with Gasteiger partial charge in [-0.2, -0.15) is 0 Å². The quantitative estimate of drug-likeness (QED) is 0.345. The number of carbonyl (C=O) groups is 4. The third-order valence-electron chi connectivity index (χ3n) is 5.82. The molecule has 9 heteroatoms. The van der Waals surface area contributed by atoms with Gasteiger partial charge in [-0.3, -0.25) is 14.4 Å². The van der Waals surface area contributed by atoms with Gasteiger partial charge in [-0.25, -0.2) is 4.79 Å². The highest BCUT2D eigenvalue weighted by Gasteiger charge is 2.30. The van der Waals surface area contributed by atoms with E-state index in [0.29, 0.717) is 6.42 Å². The predicted octanol–water partition coefficient (Wildman–Crippen LogP) is 2.79. The Balaban J connectivity index is 1.56. The Hall–Kier alpha value is -3.88. The van der Waals surface area contributed by atoms with Gasteiger partial charge in [-0.15, -0.1) is 0 Å². The van der Waals surface area contributed by atoms with E-state index in [1.807, 2.05) is 55.5 Å². The Bertz CT molecular complexity index is 1030. The van der Waals surface area contributed by atoms with Gasteiger partial charge in [0.2, 0.25) is 11.8 Å². The molecule has 3 amide bonds. The van der Waals surface area contributed by atoms with E-state index in [1.165, 1.54) is 0 Å². The van der Waals surface area contributed by atoms with Crippen LogP contribution in [-0.4, -0.2) is 54.7 Å². The number of hydrogen-bond donors (Lipinski definition) is 4. The molecule has 0 saturated carbocycles. The molecule has 1 aliphatic carbocycles. The van der Waals surface area contributed by atoms with Crippen LogP contribution in [0.3, 0.4) is 0 Å². The fourth-order valence-electron chi connectivity index (χ4n) is 4.15. The Labute approximate surface area is 204 Å². The zero-order valence-electron chi connectivity index (χ0n) is 19.7. The number of ether oxygens (including phenoxy) is 1. The maximum Gasteiger partial charge on any atom is 0.407 e. The van der Waals surface area contributed by atoms with Gasteiger partial charge >= 0.3 is 12.1 Å². The monoisotopic (exact) mass is 481 g/mol. The molecule has 0 bridgehead atoms. The lowest BCUT2D eigenvalue weighted by Crippen LogP contribution is -2.48. The summed E-state index contributed by atoms with van der Waals surface area (Å²) < 4.78 is 5.48. The van der Waals surface area contributed by atoms with Gasteiger partial charge in [0.15, 0.2) is 0 Å². The van der Waals surface area contributed by atoms with E-state index in [9.17, 15) is 19.2 Å². The maximum absolute atomic E-state index is 12.6. The van der Waals surface area contributed by atoms with Crippen LogP contribution in [0.25, 0.3) is 11.1 Å². The summed E-state index contributed by atoms with van der Waals surface area (Å²) in [6, 6.07) is 14.8. The summed E-state index contributed by atoms with van der Waals surface area (Å²) in [5, 5.41) is 16.8. The van der Waals surface area contributed by atoms with E-state index in [4.69, 9.17) is 9.84 Å². The van der Waals surface area contributed by atoms with E-state index in [-0.39, 0.29) is 44.4 Å². The van der Waals surface area contributed by atoms with Crippen molar-refractivity contribution >= 4 is 23.9 Å². The van der Waals surface area contributed by atoms with Gasteiger partial charge in [0.1, 0.15) is 12.6 Å². The van der Waals surface area contributed by atoms with Crippen molar-refractivity contribution in [3.05, 3.63) is 59.7 Å². The van der Waals surface area contributed by atoms with Crippen molar-refractivity contribution in [1.82, 2.24) is 16.0 Å². The third-order valence-corrected chi connectivity index (χ3v) is 5.82. The summed E-state index contributed by atoms with van der Waals surface area (Å²) in [7, 11) is 0. The molecule has 1 unspecified atom stereocenters. The fraction of sp³-hybridized carbons (Fsp3) is 0.385. The Kier molecular flexibility index (Phi) is 9.23. The molecule has 0 radical (unpaired) electrons.